The highest BCUT2D eigenvalue weighted by atomic mass is 32.2. The van der Waals surface area contributed by atoms with E-state index in [0.29, 0.717) is 11.3 Å². The van der Waals surface area contributed by atoms with Crippen molar-refractivity contribution in [3.63, 3.8) is 0 Å². The minimum Gasteiger partial charge on any atom is -0.320 e. The number of benzene rings is 1. The van der Waals surface area contributed by atoms with Gasteiger partial charge in [-0.3, -0.25) is 0 Å². The number of aromatic nitrogens is 3. The minimum absolute atomic E-state index is 0.219. The summed E-state index contributed by atoms with van der Waals surface area (Å²) in [7, 11) is 1.92. The van der Waals surface area contributed by atoms with Crippen molar-refractivity contribution in [3.05, 3.63) is 41.0 Å². The molecule has 104 valence electrons. The Hall–Kier alpha value is -1.84. The van der Waals surface area contributed by atoms with Gasteiger partial charge in [-0.1, -0.05) is 29.7 Å². The van der Waals surface area contributed by atoms with Crippen LogP contribution in [0.1, 0.15) is 17.0 Å². The maximum Gasteiger partial charge on any atom is 0.191 e. The van der Waals surface area contributed by atoms with Crippen molar-refractivity contribution in [1.29, 1.82) is 0 Å². The molecule has 2 aromatic rings. The lowest BCUT2D eigenvalue weighted by Gasteiger charge is -2.03. The Morgan fingerprint density at radius 2 is 2.20 bits per heavy atom. The summed E-state index contributed by atoms with van der Waals surface area (Å²) in [5.41, 5.74) is 6.66. The lowest BCUT2D eigenvalue weighted by Crippen LogP contribution is -1.95. The van der Waals surface area contributed by atoms with Crippen molar-refractivity contribution in [3.8, 4) is 11.8 Å². The average molecular weight is 290 g/mol. The van der Waals surface area contributed by atoms with Gasteiger partial charge >= 0.3 is 0 Å². The highest BCUT2D eigenvalue weighted by Gasteiger charge is 2.07. The van der Waals surface area contributed by atoms with Crippen LogP contribution in [0.25, 0.3) is 0 Å². The van der Waals surface area contributed by atoms with E-state index in [9.17, 15) is 4.39 Å². The van der Waals surface area contributed by atoms with Crippen molar-refractivity contribution >= 4 is 11.8 Å². The van der Waals surface area contributed by atoms with Crippen LogP contribution in [-0.2, 0) is 12.8 Å². The van der Waals surface area contributed by atoms with Crippen LogP contribution in [0, 0.1) is 24.6 Å². The largest absolute Gasteiger partial charge is 0.320 e. The summed E-state index contributed by atoms with van der Waals surface area (Å²) in [4.78, 5) is 0. The fourth-order valence-corrected chi connectivity index (χ4v) is 2.47. The van der Waals surface area contributed by atoms with E-state index in [0.717, 1.165) is 16.5 Å². The molecule has 2 rings (SSSR count). The van der Waals surface area contributed by atoms with E-state index in [4.69, 9.17) is 5.73 Å². The third-order valence-electron chi connectivity index (χ3n) is 2.78. The molecule has 0 amide bonds. The molecule has 0 bridgehead atoms. The van der Waals surface area contributed by atoms with Crippen molar-refractivity contribution in [2.24, 2.45) is 12.8 Å². The van der Waals surface area contributed by atoms with Crippen molar-refractivity contribution in [2.45, 2.75) is 17.8 Å². The molecular weight excluding hydrogens is 275 g/mol. The molecule has 20 heavy (non-hydrogen) atoms. The first kappa shape index (κ1) is 14.6. The van der Waals surface area contributed by atoms with Gasteiger partial charge in [0.25, 0.3) is 0 Å². The van der Waals surface area contributed by atoms with Crippen molar-refractivity contribution in [2.75, 3.05) is 6.54 Å². The smallest absolute Gasteiger partial charge is 0.191 e. The number of nitrogens with zero attached hydrogens (tertiary/aromatic N) is 3. The Morgan fingerprint density at radius 3 is 2.85 bits per heavy atom. The number of aryl methyl sites for hydroxylation is 1. The van der Waals surface area contributed by atoms with Gasteiger partial charge in [-0.15, -0.1) is 10.2 Å². The molecule has 0 aliphatic heterocycles. The molecule has 0 radical (unpaired) electrons. The van der Waals surface area contributed by atoms with Crippen LogP contribution >= 0.6 is 11.8 Å². The van der Waals surface area contributed by atoms with Crippen LogP contribution in [0.15, 0.2) is 23.4 Å². The number of nitrogens with two attached hydrogens (primary N) is 1. The molecule has 0 unspecified atom stereocenters. The quantitative estimate of drug-likeness (QED) is 0.692. The van der Waals surface area contributed by atoms with Gasteiger partial charge < -0.3 is 10.3 Å². The van der Waals surface area contributed by atoms with E-state index in [2.05, 4.69) is 22.0 Å². The summed E-state index contributed by atoms with van der Waals surface area (Å²) in [6.07, 6.45) is 0. The number of rotatable bonds is 3. The van der Waals surface area contributed by atoms with E-state index in [-0.39, 0.29) is 12.4 Å². The average Bonchev–Trinajstić information content (AvgIpc) is 2.76. The zero-order valence-electron chi connectivity index (χ0n) is 11.4. The molecule has 0 atom stereocenters. The summed E-state index contributed by atoms with van der Waals surface area (Å²) >= 11 is 1.55. The van der Waals surface area contributed by atoms with E-state index in [1.165, 1.54) is 6.07 Å². The number of halogens is 1. The third kappa shape index (κ3) is 3.38. The maximum absolute atomic E-state index is 13.5. The predicted molar refractivity (Wildman–Crippen MR) is 77.6 cm³/mol. The van der Waals surface area contributed by atoms with Gasteiger partial charge in [0, 0.05) is 12.8 Å². The lowest BCUT2D eigenvalue weighted by molar-refractivity contribution is 0.624. The highest BCUT2D eigenvalue weighted by Crippen LogP contribution is 2.22. The Labute approximate surface area is 121 Å². The predicted octanol–water partition coefficient (Wildman–Crippen LogP) is 1.87. The van der Waals surface area contributed by atoms with Crippen molar-refractivity contribution < 1.29 is 4.39 Å². The van der Waals surface area contributed by atoms with Gasteiger partial charge in [0.2, 0.25) is 0 Å². The highest BCUT2D eigenvalue weighted by molar-refractivity contribution is 7.98. The molecular formula is C14H15FN4S. The second-order valence-corrected chi connectivity index (χ2v) is 5.14. The molecule has 6 heteroatoms. The van der Waals surface area contributed by atoms with Gasteiger partial charge in [-0.25, -0.2) is 4.39 Å². The molecule has 4 nitrogen and oxygen atoms in total. The molecule has 0 saturated heterocycles. The molecule has 2 N–H and O–H groups in total. The first-order valence-corrected chi connectivity index (χ1v) is 7.06. The molecule has 1 heterocycles. The van der Waals surface area contributed by atoms with E-state index in [1.807, 2.05) is 18.5 Å². The molecule has 0 saturated carbocycles. The topological polar surface area (TPSA) is 56.7 Å². The standard InChI is InChI=1S/C14H15FN4S/c1-10-17-18-14(19(10)2)20-9-11-5-6-13(15)12(8-11)4-3-7-16/h5-6,8H,7,9,16H2,1-2H3. The zero-order chi connectivity index (χ0) is 14.5. The normalized spacial score (nSPS) is 10.2. The molecule has 1 aromatic carbocycles. The summed E-state index contributed by atoms with van der Waals surface area (Å²) in [6.45, 7) is 2.12. The molecule has 0 fully saturated rings. The zero-order valence-corrected chi connectivity index (χ0v) is 12.2. The Kier molecular flexibility index (Phi) is 4.77. The number of hydrogen-bond acceptors (Lipinski definition) is 4. The van der Waals surface area contributed by atoms with Crippen LogP contribution in [-0.4, -0.2) is 21.3 Å². The van der Waals surface area contributed by atoms with Gasteiger partial charge in [-0.05, 0) is 24.6 Å². The molecule has 0 aliphatic rings. The van der Waals surface area contributed by atoms with Crippen LogP contribution in [0.5, 0.6) is 0 Å². The van der Waals surface area contributed by atoms with Crippen LogP contribution in [0.4, 0.5) is 4.39 Å². The molecule has 0 spiro atoms. The van der Waals surface area contributed by atoms with Crippen molar-refractivity contribution in [1.82, 2.24) is 14.8 Å². The Balaban J connectivity index is 2.12. The summed E-state index contributed by atoms with van der Waals surface area (Å²) in [5.74, 6) is 6.62. The first-order valence-electron chi connectivity index (χ1n) is 6.08. The first-order chi connectivity index (χ1) is 9.61. The molecule has 1 aromatic heterocycles. The van der Waals surface area contributed by atoms with Crippen LogP contribution < -0.4 is 5.73 Å². The second kappa shape index (κ2) is 6.55. The van der Waals surface area contributed by atoms with Crippen LogP contribution in [0.3, 0.4) is 0 Å². The SMILES string of the molecule is Cc1nnc(SCc2ccc(F)c(C#CCN)c2)n1C. The molecule has 0 aliphatic carbocycles. The maximum atomic E-state index is 13.5. The van der Waals surface area contributed by atoms with Gasteiger partial charge in [0.05, 0.1) is 12.1 Å². The minimum atomic E-state index is -0.325. The Bertz CT molecular complexity index is 670. The summed E-state index contributed by atoms with van der Waals surface area (Å²) in [6, 6.07) is 4.92. The summed E-state index contributed by atoms with van der Waals surface area (Å²) in [5, 5.41) is 8.91. The lowest BCUT2D eigenvalue weighted by atomic mass is 10.1. The fourth-order valence-electron chi connectivity index (χ4n) is 1.57. The van der Waals surface area contributed by atoms with Gasteiger partial charge in [-0.2, -0.15) is 0 Å². The van der Waals surface area contributed by atoms with Gasteiger partial charge in [0.1, 0.15) is 11.6 Å². The second-order valence-electron chi connectivity index (χ2n) is 4.20. The number of hydrogen-bond donors (Lipinski definition) is 1. The van der Waals surface area contributed by atoms with E-state index >= 15 is 0 Å². The van der Waals surface area contributed by atoms with E-state index in [1.54, 1.807) is 23.9 Å². The van der Waals surface area contributed by atoms with Gasteiger partial charge in [0.15, 0.2) is 5.16 Å². The monoisotopic (exact) mass is 290 g/mol. The van der Waals surface area contributed by atoms with Crippen LogP contribution in [0.2, 0.25) is 0 Å². The van der Waals surface area contributed by atoms with E-state index < -0.39 is 0 Å². The number of thioether (sulfide) groups is 1. The Morgan fingerprint density at radius 1 is 1.40 bits per heavy atom. The third-order valence-corrected chi connectivity index (χ3v) is 3.87. The summed E-state index contributed by atoms with van der Waals surface area (Å²) < 4.78 is 15.5. The fraction of sp³-hybridized carbons (Fsp3) is 0.286.